The number of halogens is 2. The van der Waals surface area contributed by atoms with Crippen LogP contribution in [0.1, 0.15) is 23.7 Å². The van der Waals surface area contributed by atoms with Gasteiger partial charge in [-0.15, -0.1) is 0 Å². The zero-order chi connectivity index (χ0) is 19.1. The molecule has 0 aliphatic heterocycles. The van der Waals surface area contributed by atoms with Gasteiger partial charge in [-0.2, -0.15) is 5.10 Å². The van der Waals surface area contributed by atoms with E-state index in [2.05, 4.69) is 15.8 Å². The van der Waals surface area contributed by atoms with Crippen molar-refractivity contribution in [3.8, 4) is 5.75 Å². The molecule has 6 nitrogen and oxygen atoms in total. The van der Waals surface area contributed by atoms with Gasteiger partial charge in [0.15, 0.2) is 0 Å². The molecule has 2 amide bonds. The average molecular weight is 394 g/mol. The quantitative estimate of drug-likeness (QED) is 0.571. The normalized spacial score (nSPS) is 11.0. The van der Waals surface area contributed by atoms with Crippen molar-refractivity contribution in [1.29, 1.82) is 0 Å². The van der Waals surface area contributed by atoms with E-state index >= 15 is 0 Å². The minimum atomic E-state index is -0.424. The number of nitrogens with zero attached hydrogens (tertiary/aromatic N) is 1. The SMILES string of the molecule is COc1ccccc1C(=O)NN=C(C)CC(=O)Nc1ccc(Cl)c(Cl)c1. The van der Waals surface area contributed by atoms with Crippen LogP contribution in [0.25, 0.3) is 0 Å². The summed E-state index contributed by atoms with van der Waals surface area (Å²) in [6, 6.07) is 11.6. The number of anilines is 1. The van der Waals surface area contributed by atoms with E-state index in [9.17, 15) is 9.59 Å². The van der Waals surface area contributed by atoms with E-state index in [1.165, 1.54) is 7.11 Å². The summed E-state index contributed by atoms with van der Waals surface area (Å²) in [5.41, 5.74) is 3.72. The molecule has 2 aromatic rings. The first-order valence-corrected chi connectivity index (χ1v) is 8.37. The molecule has 0 bridgehead atoms. The lowest BCUT2D eigenvalue weighted by molar-refractivity contribution is -0.115. The number of benzene rings is 2. The van der Waals surface area contributed by atoms with E-state index in [1.807, 2.05) is 0 Å². The highest BCUT2D eigenvalue weighted by molar-refractivity contribution is 6.42. The second kappa shape index (κ2) is 9.22. The largest absolute Gasteiger partial charge is 0.496 e. The van der Waals surface area contributed by atoms with Gasteiger partial charge in [0.05, 0.1) is 29.1 Å². The molecule has 0 unspecified atom stereocenters. The zero-order valence-electron chi connectivity index (χ0n) is 14.2. The molecule has 136 valence electrons. The Morgan fingerprint density at radius 1 is 1.12 bits per heavy atom. The number of nitrogens with one attached hydrogen (secondary N) is 2. The Kier molecular flexibility index (Phi) is 7.00. The Balaban J connectivity index is 1.93. The van der Waals surface area contributed by atoms with Gasteiger partial charge in [0.25, 0.3) is 5.91 Å². The lowest BCUT2D eigenvalue weighted by Crippen LogP contribution is -2.22. The maximum absolute atomic E-state index is 12.1. The van der Waals surface area contributed by atoms with E-state index in [0.717, 1.165) is 0 Å². The Bertz CT molecular complexity index is 853. The van der Waals surface area contributed by atoms with E-state index in [1.54, 1.807) is 49.4 Å². The highest BCUT2D eigenvalue weighted by Crippen LogP contribution is 2.25. The van der Waals surface area contributed by atoms with Gasteiger partial charge in [0.1, 0.15) is 5.75 Å². The molecule has 0 heterocycles. The van der Waals surface area contributed by atoms with Gasteiger partial charge in [-0.3, -0.25) is 9.59 Å². The fourth-order valence-corrected chi connectivity index (χ4v) is 2.39. The zero-order valence-corrected chi connectivity index (χ0v) is 15.7. The first-order chi connectivity index (χ1) is 12.4. The monoisotopic (exact) mass is 393 g/mol. The summed E-state index contributed by atoms with van der Waals surface area (Å²) < 4.78 is 5.13. The van der Waals surface area contributed by atoms with Crippen LogP contribution in [0.2, 0.25) is 10.0 Å². The van der Waals surface area contributed by atoms with Crippen LogP contribution in [0.4, 0.5) is 5.69 Å². The maximum Gasteiger partial charge on any atom is 0.275 e. The van der Waals surface area contributed by atoms with Crippen LogP contribution in [-0.2, 0) is 4.79 Å². The number of hydrogen-bond acceptors (Lipinski definition) is 4. The molecule has 0 saturated carbocycles. The molecule has 0 spiro atoms. The predicted octanol–water partition coefficient (Wildman–Crippen LogP) is 4.14. The Hall–Kier alpha value is -2.57. The maximum atomic E-state index is 12.1. The Labute approximate surface area is 161 Å². The van der Waals surface area contributed by atoms with Crippen LogP contribution in [0.15, 0.2) is 47.6 Å². The molecule has 0 atom stereocenters. The van der Waals surface area contributed by atoms with Crippen molar-refractivity contribution in [1.82, 2.24) is 5.43 Å². The lowest BCUT2D eigenvalue weighted by Gasteiger charge is -2.08. The smallest absolute Gasteiger partial charge is 0.275 e. The fourth-order valence-electron chi connectivity index (χ4n) is 2.09. The number of hydrazone groups is 1. The minimum absolute atomic E-state index is 0.00640. The van der Waals surface area contributed by atoms with Crippen LogP contribution < -0.4 is 15.5 Å². The number of ether oxygens (including phenoxy) is 1. The molecule has 0 aliphatic rings. The van der Waals surface area contributed by atoms with E-state index in [0.29, 0.717) is 32.8 Å². The molecule has 26 heavy (non-hydrogen) atoms. The average Bonchev–Trinajstić information content (AvgIpc) is 2.62. The van der Waals surface area contributed by atoms with Crippen LogP contribution >= 0.6 is 23.2 Å². The molecule has 0 aliphatic carbocycles. The highest BCUT2D eigenvalue weighted by atomic mass is 35.5. The number of hydrogen-bond donors (Lipinski definition) is 2. The molecule has 0 radical (unpaired) electrons. The summed E-state index contributed by atoms with van der Waals surface area (Å²) in [5.74, 6) is -0.280. The third-order valence-corrected chi connectivity index (χ3v) is 4.06. The van der Waals surface area contributed by atoms with Gasteiger partial charge in [0.2, 0.25) is 5.91 Å². The number of amides is 2. The summed E-state index contributed by atoms with van der Waals surface area (Å²) in [6.07, 6.45) is 0.00640. The second-order valence-electron chi connectivity index (χ2n) is 5.34. The van der Waals surface area contributed by atoms with Crippen LogP contribution in [-0.4, -0.2) is 24.6 Å². The first-order valence-electron chi connectivity index (χ1n) is 7.62. The van der Waals surface area contributed by atoms with Crippen LogP contribution in [0.3, 0.4) is 0 Å². The molecular formula is C18H17Cl2N3O3. The van der Waals surface area contributed by atoms with E-state index < -0.39 is 5.91 Å². The van der Waals surface area contributed by atoms with E-state index in [-0.39, 0.29) is 12.3 Å². The summed E-state index contributed by atoms with van der Waals surface area (Å²) >= 11 is 11.7. The van der Waals surface area contributed by atoms with Gasteiger partial charge in [-0.25, -0.2) is 5.43 Å². The molecule has 2 aromatic carbocycles. The topological polar surface area (TPSA) is 79.8 Å². The molecule has 0 fully saturated rings. The Morgan fingerprint density at radius 3 is 2.54 bits per heavy atom. The van der Waals surface area contributed by atoms with Crippen molar-refractivity contribution in [2.75, 3.05) is 12.4 Å². The Morgan fingerprint density at radius 2 is 1.85 bits per heavy atom. The van der Waals surface area contributed by atoms with Crippen molar-refractivity contribution in [3.05, 3.63) is 58.1 Å². The third kappa shape index (κ3) is 5.47. The summed E-state index contributed by atoms with van der Waals surface area (Å²) in [4.78, 5) is 24.2. The molecule has 0 saturated heterocycles. The molecule has 2 N–H and O–H groups in total. The third-order valence-electron chi connectivity index (χ3n) is 3.32. The summed E-state index contributed by atoms with van der Waals surface area (Å²) in [6.45, 7) is 1.64. The fraction of sp³-hybridized carbons (Fsp3) is 0.167. The van der Waals surface area contributed by atoms with Gasteiger partial charge < -0.3 is 10.1 Å². The van der Waals surface area contributed by atoms with Crippen LogP contribution in [0, 0.1) is 0 Å². The number of rotatable bonds is 6. The van der Waals surface area contributed by atoms with E-state index in [4.69, 9.17) is 27.9 Å². The number of carbonyl (C=O) groups excluding carboxylic acids is 2. The molecular weight excluding hydrogens is 377 g/mol. The molecule has 2 rings (SSSR count). The van der Waals surface area contributed by atoms with Crippen molar-refractivity contribution in [2.45, 2.75) is 13.3 Å². The van der Waals surface area contributed by atoms with Gasteiger partial charge in [-0.1, -0.05) is 35.3 Å². The van der Waals surface area contributed by atoms with Crippen molar-refractivity contribution in [3.63, 3.8) is 0 Å². The first kappa shape index (κ1) is 19.8. The highest BCUT2D eigenvalue weighted by Gasteiger charge is 2.11. The number of methoxy groups -OCH3 is 1. The van der Waals surface area contributed by atoms with Gasteiger partial charge in [0, 0.05) is 11.4 Å². The van der Waals surface area contributed by atoms with Crippen molar-refractivity contribution in [2.24, 2.45) is 5.10 Å². The number of carbonyl (C=O) groups is 2. The standard InChI is InChI=1S/C18H17Cl2N3O3/c1-11(9-17(24)21-12-7-8-14(19)15(20)10-12)22-23-18(25)13-5-3-4-6-16(13)26-2/h3-8,10H,9H2,1-2H3,(H,21,24)(H,23,25). The lowest BCUT2D eigenvalue weighted by atomic mass is 10.2. The molecule has 8 heteroatoms. The molecule has 0 aromatic heterocycles. The van der Waals surface area contributed by atoms with Crippen molar-refractivity contribution < 1.29 is 14.3 Å². The summed E-state index contributed by atoms with van der Waals surface area (Å²) in [7, 11) is 1.48. The van der Waals surface area contributed by atoms with Crippen LogP contribution in [0.5, 0.6) is 5.75 Å². The second-order valence-corrected chi connectivity index (χ2v) is 6.16. The van der Waals surface area contributed by atoms with Crippen molar-refractivity contribution >= 4 is 46.4 Å². The predicted molar refractivity (Wildman–Crippen MR) is 103 cm³/mol. The number of para-hydroxylation sites is 1. The minimum Gasteiger partial charge on any atom is -0.496 e. The summed E-state index contributed by atoms with van der Waals surface area (Å²) in [5, 5.41) is 7.38. The van der Waals surface area contributed by atoms with Gasteiger partial charge in [-0.05, 0) is 37.3 Å². The van der Waals surface area contributed by atoms with Gasteiger partial charge >= 0.3 is 0 Å².